The lowest BCUT2D eigenvalue weighted by molar-refractivity contribution is -0.164. The van der Waals surface area contributed by atoms with Crippen LogP contribution in [0.25, 0.3) is 0 Å². The van der Waals surface area contributed by atoms with Gasteiger partial charge in [-0.1, -0.05) is 12.2 Å². The first-order chi connectivity index (χ1) is 5.66. The van der Waals surface area contributed by atoms with Gasteiger partial charge in [0.25, 0.3) is 0 Å². The number of aliphatic hydroxyl groups excluding tert-OH is 1. The highest BCUT2D eigenvalue weighted by Gasteiger charge is 2.04. The number of unbranched alkanes of at least 4 members (excludes halogenated alkanes) is 1. The van der Waals surface area contributed by atoms with E-state index in [0.29, 0.717) is 6.42 Å². The Kier molecular flexibility index (Phi) is 6.38. The van der Waals surface area contributed by atoms with Crippen molar-refractivity contribution in [1.82, 2.24) is 0 Å². The van der Waals surface area contributed by atoms with Crippen LogP contribution in [-0.2, 0) is 9.53 Å². The minimum absolute atomic E-state index is 0.338. The summed E-state index contributed by atoms with van der Waals surface area (Å²) in [5.41, 5.74) is 0. The molecule has 1 atom stereocenters. The van der Waals surface area contributed by atoms with Gasteiger partial charge in [-0.2, -0.15) is 0 Å². The maximum absolute atomic E-state index is 10.8. The van der Waals surface area contributed by atoms with E-state index in [1.165, 1.54) is 6.92 Å². The van der Waals surface area contributed by atoms with Gasteiger partial charge in [-0.15, -0.1) is 0 Å². The minimum Gasteiger partial charge on any atom is -0.436 e. The van der Waals surface area contributed by atoms with E-state index >= 15 is 0 Å². The van der Waals surface area contributed by atoms with Crippen LogP contribution in [0.4, 0.5) is 0 Å². The van der Waals surface area contributed by atoms with E-state index in [9.17, 15) is 4.79 Å². The maximum Gasteiger partial charge on any atom is 0.308 e. The average molecular weight is 172 g/mol. The highest BCUT2D eigenvalue weighted by atomic mass is 16.6. The standard InChI is InChI=1S/C9H16O3/c1-3-4-5-6-7-9(11)12-8(2)10/h3-4,8,10H,5-7H2,1-2H3/b4-3-. The van der Waals surface area contributed by atoms with Gasteiger partial charge >= 0.3 is 5.97 Å². The molecule has 1 N–H and O–H groups in total. The fraction of sp³-hybridized carbons (Fsp3) is 0.667. The Hall–Kier alpha value is -0.830. The van der Waals surface area contributed by atoms with E-state index in [2.05, 4.69) is 4.74 Å². The molecule has 70 valence electrons. The van der Waals surface area contributed by atoms with Gasteiger partial charge in [0, 0.05) is 6.42 Å². The second-order valence-corrected chi connectivity index (χ2v) is 2.55. The molecule has 0 aliphatic heterocycles. The van der Waals surface area contributed by atoms with Crippen molar-refractivity contribution >= 4 is 5.97 Å². The Bertz CT molecular complexity index is 150. The Labute approximate surface area is 73.0 Å². The molecule has 0 fully saturated rings. The van der Waals surface area contributed by atoms with Crippen LogP contribution in [0, 0.1) is 0 Å². The zero-order valence-electron chi connectivity index (χ0n) is 7.62. The molecule has 0 aromatic carbocycles. The van der Waals surface area contributed by atoms with Gasteiger partial charge in [0.1, 0.15) is 0 Å². The van der Waals surface area contributed by atoms with E-state index in [0.717, 1.165) is 12.8 Å². The van der Waals surface area contributed by atoms with Crippen LogP contribution in [0.15, 0.2) is 12.2 Å². The average Bonchev–Trinajstić information content (AvgIpc) is 1.97. The SMILES string of the molecule is C/C=C\CCCC(=O)OC(C)O. The fourth-order valence-electron chi connectivity index (χ4n) is 0.780. The molecule has 1 unspecified atom stereocenters. The monoisotopic (exact) mass is 172 g/mol. The van der Waals surface area contributed by atoms with E-state index in [-0.39, 0.29) is 5.97 Å². The van der Waals surface area contributed by atoms with E-state index < -0.39 is 6.29 Å². The number of carbonyl (C=O) groups excluding carboxylic acids is 1. The third-order valence-electron chi connectivity index (χ3n) is 1.29. The zero-order valence-corrected chi connectivity index (χ0v) is 7.62. The van der Waals surface area contributed by atoms with Crippen molar-refractivity contribution in [1.29, 1.82) is 0 Å². The van der Waals surface area contributed by atoms with Gasteiger partial charge < -0.3 is 9.84 Å². The minimum atomic E-state index is -0.987. The molecule has 12 heavy (non-hydrogen) atoms. The molecular weight excluding hydrogens is 156 g/mol. The highest BCUT2D eigenvalue weighted by Crippen LogP contribution is 1.99. The molecule has 3 nitrogen and oxygen atoms in total. The van der Waals surface area contributed by atoms with Gasteiger partial charge in [0.05, 0.1) is 0 Å². The third kappa shape index (κ3) is 7.28. The Balaban J connectivity index is 3.32. The summed E-state index contributed by atoms with van der Waals surface area (Å²) in [6.45, 7) is 3.36. The zero-order chi connectivity index (χ0) is 9.40. The van der Waals surface area contributed by atoms with E-state index in [1.807, 2.05) is 19.1 Å². The summed E-state index contributed by atoms with van der Waals surface area (Å²) in [6, 6.07) is 0. The molecule has 0 aliphatic carbocycles. The summed E-state index contributed by atoms with van der Waals surface area (Å²) >= 11 is 0. The first-order valence-electron chi connectivity index (χ1n) is 4.15. The summed E-state index contributed by atoms with van der Waals surface area (Å²) < 4.78 is 4.52. The van der Waals surface area contributed by atoms with Gasteiger partial charge in [-0.25, -0.2) is 0 Å². The van der Waals surface area contributed by atoms with Gasteiger partial charge in [-0.05, 0) is 26.7 Å². The quantitative estimate of drug-likeness (QED) is 0.296. The number of esters is 1. The number of hydrogen-bond donors (Lipinski definition) is 1. The number of rotatable bonds is 5. The van der Waals surface area contributed by atoms with Crippen LogP contribution < -0.4 is 0 Å². The lowest BCUT2D eigenvalue weighted by Gasteiger charge is -2.05. The summed E-state index contributed by atoms with van der Waals surface area (Å²) in [6.07, 6.45) is 4.98. The molecule has 0 saturated carbocycles. The predicted molar refractivity (Wildman–Crippen MR) is 46.4 cm³/mol. The molecule has 0 aromatic rings. The van der Waals surface area contributed by atoms with Gasteiger partial charge in [0.2, 0.25) is 0 Å². The number of aliphatic hydroxyl groups is 1. The molecule has 0 radical (unpaired) electrons. The molecule has 0 rings (SSSR count). The van der Waals surface area contributed by atoms with Crippen molar-refractivity contribution in [3.8, 4) is 0 Å². The predicted octanol–water partition coefficient (Wildman–Crippen LogP) is 1.61. The van der Waals surface area contributed by atoms with Crippen LogP contribution in [-0.4, -0.2) is 17.4 Å². The van der Waals surface area contributed by atoms with Crippen molar-refractivity contribution in [2.75, 3.05) is 0 Å². The van der Waals surface area contributed by atoms with Crippen LogP contribution >= 0.6 is 0 Å². The van der Waals surface area contributed by atoms with Gasteiger partial charge in [0.15, 0.2) is 6.29 Å². The van der Waals surface area contributed by atoms with E-state index in [1.54, 1.807) is 0 Å². The Morgan fingerprint density at radius 3 is 2.83 bits per heavy atom. The lowest BCUT2D eigenvalue weighted by atomic mass is 10.2. The Morgan fingerprint density at radius 1 is 1.67 bits per heavy atom. The second kappa shape index (κ2) is 6.85. The maximum atomic E-state index is 10.8. The fourth-order valence-corrected chi connectivity index (χ4v) is 0.780. The highest BCUT2D eigenvalue weighted by molar-refractivity contribution is 5.69. The molecule has 0 spiro atoms. The van der Waals surface area contributed by atoms with Crippen LogP contribution in [0.2, 0.25) is 0 Å². The first-order valence-corrected chi connectivity index (χ1v) is 4.15. The van der Waals surface area contributed by atoms with Crippen LogP contribution in [0.3, 0.4) is 0 Å². The second-order valence-electron chi connectivity index (χ2n) is 2.55. The van der Waals surface area contributed by atoms with Crippen molar-refractivity contribution in [2.24, 2.45) is 0 Å². The summed E-state index contributed by atoms with van der Waals surface area (Å²) in [5, 5.41) is 8.67. The molecule has 0 aliphatic rings. The van der Waals surface area contributed by atoms with Gasteiger partial charge in [-0.3, -0.25) is 4.79 Å². The molecule has 3 heteroatoms. The molecule has 0 saturated heterocycles. The van der Waals surface area contributed by atoms with E-state index in [4.69, 9.17) is 5.11 Å². The topological polar surface area (TPSA) is 46.5 Å². The van der Waals surface area contributed by atoms with Crippen molar-refractivity contribution in [3.63, 3.8) is 0 Å². The number of hydrogen-bond acceptors (Lipinski definition) is 3. The molecule has 0 heterocycles. The third-order valence-corrected chi connectivity index (χ3v) is 1.29. The molecule has 0 aromatic heterocycles. The molecule has 0 bridgehead atoms. The molecule has 0 amide bonds. The molecular formula is C9H16O3. The summed E-state index contributed by atoms with van der Waals surface area (Å²) in [5.74, 6) is -0.338. The first kappa shape index (κ1) is 11.2. The Morgan fingerprint density at radius 2 is 2.33 bits per heavy atom. The smallest absolute Gasteiger partial charge is 0.308 e. The van der Waals surface area contributed by atoms with Crippen molar-refractivity contribution in [3.05, 3.63) is 12.2 Å². The summed E-state index contributed by atoms with van der Waals surface area (Å²) in [7, 11) is 0. The van der Waals surface area contributed by atoms with Crippen LogP contribution in [0.1, 0.15) is 33.1 Å². The largest absolute Gasteiger partial charge is 0.436 e. The normalized spacial score (nSPS) is 13.2. The number of carbonyl (C=O) groups is 1. The van der Waals surface area contributed by atoms with Crippen molar-refractivity contribution < 1.29 is 14.6 Å². The summed E-state index contributed by atoms with van der Waals surface area (Å²) in [4.78, 5) is 10.8. The van der Waals surface area contributed by atoms with Crippen LogP contribution in [0.5, 0.6) is 0 Å². The number of ether oxygens (including phenoxy) is 1. The van der Waals surface area contributed by atoms with Crippen molar-refractivity contribution in [2.45, 2.75) is 39.4 Å². The number of allylic oxidation sites excluding steroid dienone is 2. The lowest BCUT2D eigenvalue weighted by Crippen LogP contribution is -2.13.